The van der Waals surface area contributed by atoms with Crippen LogP contribution < -0.4 is 9.64 Å². The molecule has 0 fully saturated rings. The van der Waals surface area contributed by atoms with Crippen LogP contribution in [0, 0.1) is 6.92 Å². The van der Waals surface area contributed by atoms with Gasteiger partial charge in [0.25, 0.3) is 0 Å². The van der Waals surface area contributed by atoms with E-state index in [0.717, 1.165) is 40.7 Å². The molecule has 0 N–H and O–H groups in total. The minimum Gasteiger partial charge on any atom is -0.457 e. The Morgan fingerprint density at radius 3 is 2.31 bits per heavy atom. The Morgan fingerprint density at radius 1 is 0.781 bits per heavy atom. The highest BCUT2D eigenvalue weighted by atomic mass is 16.5. The first-order chi connectivity index (χ1) is 15.7. The molecule has 0 spiro atoms. The summed E-state index contributed by atoms with van der Waals surface area (Å²) in [4.78, 5) is 9.00. The van der Waals surface area contributed by atoms with Crippen molar-refractivity contribution < 1.29 is 4.74 Å². The number of ether oxygens (including phenoxy) is 1. The fourth-order valence-corrected chi connectivity index (χ4v) is 3.89. The number of pyridine rings is 1. The molecule has 0 amide bonds. The number of hydrogen-bond donors (Lipinski definition) is 0. The predicted molar refractivity (Wildman–Crippen MR) is 131 cm³/mol. The lowest BCUT2D eigenvalue weighted by atomic mass is 9.99. The molecule has 0 saturated carbocycles. The van der Waals surface area contributed by atoms with Crippen molar-refractivity contribution >= 4 is 5.69 Å². The van der Waals surface area contributed by atoms with Crippen molar-refractivity contribution in [1.82, 2.24) is 9.88 Å². The number of aromatic nitrogens is 1. The molecule has 32 heavy (non-hydrogen) atoms. The van der Waals surface area contributed by atoms with Crippen molar-refractivity contribution in [1.29, 1.82) is 0 Å². The third-order valence-corrected chi connectivity index (χ3v) is 5.58. The minimum absolute atomic E-state index is 0.789. The van der Waals surface area contributed by atoms with Crippen molar-refractivity contribution in [3.05, 3.63) is 109 Å². The van der Waals surface area contributed by atoms with Crippen molar-refractivity contribution in [3.63, 3.8) is 0 Å². The lowest BCUT2D eigenvalue weighted by molar-refractivity contribution is 0.481. The lowest BCUT2D eigenvalue weighted by Gasteiger charge is -2.19. The average Bonchev–Trinajstić information content (AvgIpc) is 3.27. The maximum atomic E-state index is 6.21. The molecule has 1 aromatic heterocycles. The molecular formula is C28H25N3O. The molecule has 0 bridgehead atoms. The van der Waals surface area contributed by atoms with E-state index in [0.29, 0.717) is 0 Å². The third-order valence-electron chi connectivity index (χ3n) is 5.58. The molecule has 4 heteroatoms. The number of benzene rings is 3. The summed E-state index contributed by atoms with van der Waals surface area (Å²) < 4.78 is 6.21. The molecule has 0 radical (unpaired) electrons. The summed E-state index contributed by atoms with van der Waals surface area (Å²) in [5.74, 6) is 1.60. The highest BCUT2D eigenvalue weighted by molar-refractivity contribution is 5.73. The first kappa shape index (κ1) is 19.9. The number of aryl methyl sites for hydroxylation is 1. The van der Waals surface area contributed by atoms with E-state index in [1.165, 1.54) is 11.1 Å². The van der Waals surface area contributed by atoms with Crippen LogP contribution in [0.1, 0.15) is 5.56 Å². The van der Waals surface area contributed by atoms with Crippen LogP contribution in [0.3, 0.4) is 0 Å². The fourth-order valence-electron chi connectivity index (χ4n) is 3.89. The molecule has 158 valence electrons. The Bertz CT molecular complexity index is 1270. The van der Waals surface area contributed by atoms with Crippen LogP contribution in [0.25, 0.3) is 22.4 Å². The molecular weight excluding hydrogens is 394 g/mol. The Hall–Kier alpha value is -4.05. The SMILES string of the molecule is Cc1cnc(-c2cccc(Oc3cccc(N4C=CN(C)C4)c3)c2)cc1-c1ccccc1. The van der Waals surface area contributed by atoms with Crippen molar-refractivity contribution in [2.75, 3.05) is 18.6 Å². The van der Waals surface area contributed by atoms with Crippen LogP contribution in [-0.2, 0) is 0 Å². The maximum absolute atomic E-state index is 6.21. The summed E-state index contributed by atoms with van der Waals surface area (Å²) in [6.45, 7) is 2.93. The summed E-state index contributed by atoms with van der Waals surface area (Å²) in [6, 6.07) is 28.8. The van der Waals surface area contributed by atoms with E-state index in [1.54, 1.807) is 0 Å². The molecule has 3 aromatic carbocycles. The monoisotopic (exact) mass is 419 g/mol. The van der Waals surface area contributed by atoms with E-state index in [2.05, 4.69) is 89.7 Å². The van der Waals surface area contributed by atoms with Gasteiger partial charge in [-0.1, -0.05) is 48.5 Å². The van der Waals surface area contributed by atoms with Gasteiger partial charge < -0.3 is 14.5 Å². The van der Waals surface area contributed by atoms with Gasteiger partial charge in [-0.3, -0.25) is 4.98 Å². The van der Waals surface area contributed by atoms with Gasteiger partial charge in [-0.15, -0.1) is 0 Å². The zero-order valence-electron chi connectivity index (χ0n) is 18.3. The molecule has 4 aromatic rings. The summed E-state index contributed by atoms with van der Waals surface area (Å²) in [5.41, 5.74) is 6.61. The van der Waals surface area contributed by atoms with E-state index in [-0.39, 0.29) is 0 Å². The highest BCUT2D eigenvalue weighted by Crippen LogP contribution is 2.32. The van der Waals surface area contributed by atoms with Gasteiger partial charge in [-0.25, -0.2) is 0 Å². The molecule has 0 atom stereocenters. The molecule has 1 aliphatic rings. The van der Waals surface area contributed by atoms with Crippen LogP contribution in [0.15, 0.2) is 104 Å². The van der Waals surface area contributed by atoms with Crippen molar-refractivity contribution in [2.24, 2.45) is 0 Å². The van der Waals surface area contributed by atoms with E-state index >= 15 is 0 Å². The first-order valence-corrected chi connectivity index (χ1v) is 10.7. The number of anilines is 1. The van der Waals surface area contributed by atoms with Crippen molar-refractivity contribution in [3.8, 4) is 33.9 Å². The largest absolute Gasteiger partial charge is 0.457 e. The summed E-state index contributed by atoms with van der Waals surface area (Å²) in [5, 5.41) is 0. The smallest absolute Gasteiger partial charge is 0.129 e. The van der Waals surface area contributed by atoms with Crippen molar-refractivity contribution in [2.45, 2.75) is 6.92 Å². The molecule has 2 heterocycles. The van der Waals surface area contributed by atoms with E-state index in [4.69, 9.17) is 4.74 Å². The maximum Gasteiger partial charge on any atom is 0.129 e. The normalized spacial score (nSPS) is 12.9. The fraction of sp³-hybridized carbons (Fsp3) is 0.107. The van der Waals surface area contributed by atoms with E-state index < -0.39 is 0 Å². The second kappa shape index (κ2) is 8.60. The molecule has 0 unspecified atom stereocenters. The van der Waals surface area contributed by atoms with Gasteiger partial charge in [0.2, 0.25) is 0 Å². The molecule has 5 rings (SSSR count). The second-order valence-electron chi connectivity index (χ2n) is 8.04. The topological polar surface area (TPSA) is 28.6 Å². The molecule has 0 saturated heterocycles. The lowest BCUT2D eigenvalue weighted by Crippen LogP contribution is -2.21. The Morgan fingerprint density at radius 2 is 1.53 bits per heavy atom. The minimum atomic E-state index is 0.789. The van der Waals surface area contributed by atoms with Gasteiger partial charge in [0.05, 0.1) is 12.4 Å². The number of rotatable bonds is 5. The molecule has 0 aliphatic carbocycles. The number of hydrogen-bond acceptors (Lipinski definition) is 4. The van der Waals surface area contributed by atoms with Crippen LogP contribution >= 0.6 is 0 Å². The van der Waals surface area contributed by atoms with E-state index in [9.17, 15) is 0 Å². The predicted octanol–water partition coefficient (Wildman–Crippen LogP) is 6.70. The Kier molecular flexibility index (Phi) is 5.34. The van der Waals surface area contributed by atoms with Gasteiger partial charge in [-0.05, 0) is 53.9 Å². The summed E-state index contributed by atoms with van der Waals surface area (Å²) in [6.07, 6.45) is 6.08. The van der Waals surface area contributed by atoms with Gasteiger partial charge >= 0.3 is 0 Å². The molecule has 4 nitrogen and oxygen atoms in total. The average molecular weight is 420 g/mol. The van der Waals surface area contributed by atoms with E-state index in [1.807, 2.05) is 42.6 Å². The van der Waals surface area contributed by atoms with Crippen LogP contribution in [0.2, 0.25) is 0 Å². The van der Waals surface area contributed by atoms with Gasteiger partial charge in [0.1, 0.15) is 11.5 Å². The van der Waals surface area contributed by atoms with Crippen LogP contribution in [0.5, 0.6) is 11.5 Å². The number of nitrogens with zero attached hydrogens (tertiary/aromatic N) is 3. The van der Waals surface area contributed by atoms with Gasteiger partial charge in [0, 0.05) is 43.0 Å². The Labute approximate surface area is 189 Å². The zero-order valence-corrected chi connectivity index (χ0v) is 18.3. The van der Waals surface area contributed by atoms with Crippen LogP contribution in [-0.4, -0.2) is 23.6 Å². The van der Waals surface area contributed by atoms with Crippen LogP contribution in [0.4, 0.5) is 5.69 Å². The summed E-state index contributed by atoms with van der Waals surface area (Å²) in [7, 11) is 2.06. The summed E-state index contributed by atoms with van der Waals surface area (Å²) >= 11 is 0. The second-order valence-corrected chi connectivity index (χ2v) is 8.04. The zero-order chi connectivity index (χ0) is 21.9. The third kappa shape index (κ3) is 4.21. The van der Waals surface area contributed by atoms with Gasteiger partial charge in [0.15, 0.2) is 0 Å². The standard InChI is InChI=1S/C28H25N3O/c1-21-19-29-28(18-27(21)22-8-4-3-5-9-22)23-10-6-12-25(16-23)32-26-13-7-11-24(17-26)31-15-14-30(2)20-31/h3-19H,20H2,1-2H3. The molecule has 1 aliphatic heterocycles. The Balaban J connectivity index is 1.41. The quantitative estimate of drug-likeness (QED) is 0.360. The highest BCUT2D eigenvalue weighted by Gasteiger charge is 2.12. The van der Waals surface area contributed by atoms with Gasteiger partial charge in [-0.2, -0.15) is 0 Å². The first-order valence-electron chi connectivity index (χ1n) is 10.7.